The van der Waals surface area contributed by atoms with Crippen LogP contribution < -0.4 is 0 Å². The second-order valence-electron chi connectivity index (χ2n) is 5.21. The lowest BCUT2D eigenvalue weighted by molar-refractivity contribution is 0.0804. The smallest absolute Gasteiger partial charge is 0.0639 e. The zero-order valence-electron chi connectivity index (χ0n) is 10.0. The predicted molar refractivity (Wildman–Crippen MR) is 60.3 cm³/mol. The molecule has 0 amide bonds. The normalized spacial score (nSPS) is 36.0. The topological polar surface area (TPSA) is 23.5 Å². The number of aliphatic hydroxyl groups is 1. The van der Waals surface area contributed by atoms with Crippen molar-refractivity contribution in [3.63, 3.8) is 0 Å². The number of likely N-dealkylation sites (N-methyl/N-ethyl adjacent to an activating group) is 1. The molecule has 0 aromatic heterocycles. The zero-order chi connectivity index (χ0) is 10.7. The fourth-order valence-electron chi connectivity index (χ4n) is 2.49. The summed E-state index contributed by atoms with van der Waals surface area (Å²) in [6.45, 7) is 7.39. The van der Waals surface area contributed by atoms with Gasteiger partial charge < -0.3 is 10.0 Å². The van der Waals surface area contributed by atoms with Gasteiger partial charge in [-0.3, -0.25) is 0 Å². The second kappa shape index (κ2) is 5.13. The summed E-state index contributed by atoms with van der Waals surface area (Å²) in [5.41, 5.74) is 0. The summed E-state index contributed by atoms with van der Waals surface area (Å²) in [7, 11) is 2.14. The quantitative estimate of drug-likeness (QED) is 0.752. The Morgan fingerprint density at radius 3 is 2.43 bits per heavy atom. The first-order chi connectivity index (χ1) is 6.50. The minimum Gasteiger partial charge on any atom is -0.392 e. The first kappa shape index (κ1) is 12.0. The van der Waals surface area contributed by atoms with Gasteiger partial charge in [-0.2, -0.15) is 0 Å². The Balaban J connectivity index is 2.38. The molecule has 84 valence electrons. The number of nitrogens with zero attached hydrogens (tertiary/aromatic N) is 1. The zero-order valence-corrected chi connectivity index (χ0v) is 10.0. The van der Waals surface area contributed by atoms with Crippen LogP contribution in [0.2, 0.25) is 0 Å². The van der Waals surface area contributed by atoms with Crippen molar-refractivity contribution in [2.75, 3.05) is 13.6 Å². The van der Waals surface area contributed by atoms with Crippen LogP contribution in [0, 0.1) is 11.8 Å². The Morgan fingerprint density at radius 2 is 1.93 bits per heavy atom. The maximum Gasteiger partial charge on any atom is 0.0639 e. The number of hydrogen-bond donors (Lipinski definition) is 1. The fraction of sp³-hybridized carbons (Fsp3) is 1.00. The van der Waals surface area contributed by atoms with Crippen LogP contribution in [0.1, 0.15) is 40.0 Å². The van der Waals surface area contributed by atoms with E-state index < -0.39 is 0 Å². The molecule has 14 heavy (non-hydrogen) atoms. The summed E-state index contributed by atoms with van der Waals surface area (Å²) in [5.74, 6) is 1.72. The average molecular weight is 199 g/mol. The lowest BCUT2D eigenvalue weighted by Gasteiger charge is -2.37. The van der Waals surface area contributed by atoms with Gasteiger partial charge in [-0.1, -0.05) is 13.8 Å². The van der Waals surface area contributed by atoms with Gasteiger partial charge in [0.05, 0.1) is 6.10 Å². The molecule has 2 nitrogen and oxygen atoms in total. The SMILES string of the molecule is CC(O)CN(C)C1CCC(C)C(C)C1. The Labute approximate surface area is 88.3 Å². The Bertz CT molecular complexity index is 170. The van der Waals surface area contributed by atoms with E-state index in [1.807, 2.05) is 6.92 Å². The molecule has 0 aromatic rings. The van der Waals surface area contributed by atoms with Crippen molar-refractivity contribution in [1.29, 1.82) is 0 Å². The molecular formula is C12H25NO. The summed E-state index contributed by atoms with van der Waals surface area (Å²) < 4.78 is 0. The van der Waals surface area contributed by atoms with E-state index in [-0.39, 0.29) is 6.10 Å². The molecule has 0 bridgehead atoms. The molecule has 0 saturated heterocycles. The molecule has 4 unspecified atom stereocenters. The molecule has 1 aliphatic rings. The minimum atomic E-state index is -0.199. The van der Waals surface area contributed by atoms with Crippen molar-refractivity contribution in [3.05, 3.63) is 0 Å². The summed E-state index contributed by atoms with van der Waals surface area (Å²) >= 11 is 0. The lowest BCUT2D eigenvalue weighted by atomic mass is 9.78. The molecule has 1 saturated carbocycles. The highest BCUT2D eigenvalue weighted by molar-refractivity contribution is 4.81. The first-order valence-electron chi connectivity index (χ1n) is 5.89. The number of aliphatic hydroxyl groups excluding tert-OH is 1. The first-order valence-corrected chi connectivity index (χ1v) is 5.89. The Hall–Kier alpha value is -0.0800. The van der Waals surface area contributed by atoms with Gasteiger partial charge in [0.25, 0.3) is 0 Å². The van der Waals surface area contributed by atoms with Crippen LogP contribution in [0.5, 0.6) is 0 Å². The Morgan fingerprint density at radius 1 is 1.29 bits per heavy atom. The molecule has 1 fully saturated rings. The largest absolute Gasteiger partial charge is 0.392 e. The van der Waals surface area contributed by atoms with E-state index in [4.69, 9.17) is 0 Å². The molecule has 1 N–H and O–H groups in total. The van der Waals surface area contributed by atoms with E-state index >= 15 is 0 Å². The third kappa shape index (κ3) is 3.25. The van der Waals surface area contributed by atoms with Crippen molar-refractivity contribution in [2.24, 2.45) is 11.8 Å². The monoisotopic (exact) mass is 199 g/mol. The van der Waals surface area contributed by atoms with E-state index in [0.29, 0.717) is 6.04 Å². The van der Waals surface area contributed by atoms with Gasteiger partial charge in [0.15, 0.2) is 0 Å². The summed E-state index contributed by atoms with van der Waals surface area (Å²) in [5, 5.41) is 9.33. The average Bonchev–Trinajstić information content (AvgIpc) is 2.08. The molecule has 0 aliphatic heterocycles. The molecule has 0 aromatic carbocycles. The van der Waals surface area contributed by atoms with E-state index in [0.717, 1.165) is 18.4 Å². The van der Waals surface area contributed by atoms with Gasteiger partial charge in [0.2, 0.25) is 0 Å². The highest BCUT2D eigenvalue weighted by Gasteiger charge is 2.27. The van der Waals surface area contributed by atoms with Crippen LogP contribution in [0.4, 0.5) is 0 Å². The molecule has 4 atom stereocenters. The maximum absolute atomic E-state index is 9.33. The molecule has 0 radical (unpaired) electrons. The van der Waals surface area contributed by atoms with Gasteiger partial charge in [-0.25, -0.2) is 0 Å². The second-order valence-corrected chi connectivity index (χ2v) is 5.21. The molecule has 0 spiro atoms. The molecule has 1 aliphatic carbocycles. The van der Waals surface area contributed by atoms with Crippen LogP contribution in [0.3, 0.4) is 0 Å². The third-order valence-electron chi connectivity index (χ3n) is 3.75. The van der Waals surface area contributed by atoms with Crippen molar-refractivity contribution in [2.45, 2.75) is 52.2 Å². The van der Waals surface area contributed by atoms with Gasteiger partial charge in [0, 0.05) is 12.6 Å². The third-order valence-corrected chi connectivity index (χ3v) is 3.75. The van der Waals surface area contributed by atoms with E-state index in [1.54, 1.807) is 0 Å². The number of hydrogen-bond acceptors (Lipinski definition) is 2. The summed E-state index contributed by atoms with van der Waals surface area (Å²) in [6.07, 6.45) is 3.74. The highest BCUT2D eigenvalue weighted by atomic mass is 16.3. The van der Waals surface area contributed by atoms with E-state index in [1.165, 1.54) is 19.3 Å². The van der Waals surface area contributed by atoms with Crippen molar-refractivity contribution < 1.29 is 5.11 Å². The maximum atomic E-state index is 9.33. The van der Waals surface area contributed by atoms with E-state index in [2.05, 4.69) is 25.8 Å². The van der Waals surface area contributed by atoms with Gasteiger partial charge in [-0.05, 0) is 45.1 Å². The Kier molecular flexibility index (Phi) is 4.39. The number of rotatable bonds is 3. The summed E-state index contributed by atoms with van der Waals surface area (Å²) in [4.78, 5) is 2.33. The lowest BCUT2D eigenvalue weighted by Crippen LogP contribution is -2.40. The molecule has 1 rings (SSSR count). The highest BCUT2D eigenvalue weighted by Crippen LogP contribution is 2.31. The van der Waals surface area contributed by atoms with Crippen LogP contribution >= 0.6 is 0 Å². The minimum absolute atomic E-state index is 0.199. The summed E-state index contributed by atoms with van der Waals surface area (Å²) in [6, 6.07) is 0.691. The van der Waals surface area contributed by atoms with Crippen molar-refractivity contribution in [1.82, 2.24) is 4.90 Å². The molecule has 2 heteroatoms. The predicted octanol–water partition coefficient (Wildman–Crippen LogP) is 2.12. The van der Waals surface area contributed by atoms with Crippen molar-refractivity contribution >= 4 is 0 Å². The molecule has 0 heterocycles. The van der Waals surface area contributed by atoms with Crippen LogP contribution in [-0.2, 0) is 0 Å². The van der Waals surface area contributed by atoms with Gasteiger partial charge in [0.1, 0.15) is 0 Å². The standard InChI is InChI=1S/C12H25NO/c1-9-5-6-12(7-10(9)2)13(4)8-11(3)14/h9-12,14H,5-8H2,1-4H3. The van der Waals surface area contributed by atoms with Crippen LogP contribution in [-0.4, -0.2) is 35.7 Å². The van der Waals surface area contributed by atoms with Gasteiger partial charge in [-0.15, -0.1) is 0 Å². The van der Waals surface area contributed by atoms with Crippen molar-refractivity contribution in [3.8, 4) is 0 Å². The van der Waals surface area contributed by atoms with Crippen LogP contribution in [0.15, 0.2) is 0 Å². The van der Waals surface area contributed by atoms with Gasteiger partial charge >= 0.3 is 0 Å². The molecular weight excluding hydrogens is 174 g/mol. The fourth-order valence-corrected chi connectivity index (χ4v) is 2.49. The van der Waals surface area contributed by atoms with Crippen LogP contribution in [0.25, 0.3) is 0 Å². The van der Waals surface area contributed by atoms with E-state index in [9.17, 15) is 5.11 Å².